The quantitative estimate of drug-likeness (QED) is 0.786. The predicted octanol–water partition coefficient (Wildman–Crippen LogP) is 2.14. The minimum Gasteiger partial charge on any atom is -0.486 e. The zero-order valence-electron chi connectivity index (χ0n) is 11.1. The number of hydrogen-bond donors (Lipinski definition) is 1. The third kappa shape index (κ3) is 3.37. The highest BCUT2D eigenvalue weighted by Gasteiger charge is 2.13. The van der Waals surface area contributed by atoms with Crippen LogP contribution in [-0.2, 0) is 4.74 Å². The molecule has 1 aliphatic rings. The molecule has 1 N–H and O–H groups in total. The highest BCUT2D eigenvalue weighted by Crippen LogP contribution is 2.32. The fourth-order valence-corrected chi connectivity index (χ4v) is 1.94. The molecule has 0 bridgehead atoms. The van der Waals surface area contributed by atoms with Gasteiger partial charge >= 0.3 is 0 Å². The lowest BCUT2D eigenvalue weighted by Crippen LogP contribution is -2.23. The van der Waals surface area contributed by atoms with Crippen LogP contribution in [0.15, 0.2) is 18.2 Å². The van der Waals surface area contributed by atoms with Gasteiger partial charge in [0.2, 0.25) is 0 Å². The van der Waals surface area contributed by atoms with Gasteiger partial charge in [0.1, 0.15) is 13.2 Å². The lowest BCUT2D eigenvalue weighted by Gasteiger charge is -2.21. The molecule has 1 heterocycles. The van der Waals surface area contributed by atoms with Crippen molar-refractivity contribution in [2.75, 3.05) is 33.0 Å². The van der Waals surface area contributed by atoms with Crippen LogP contribution in [0, 0.1) is 0 Å². The maximum atomic E-state index is 5.58. The van der Waals surface area contributed by atoms with E-state index in [-0.39, 0.29) is 6.04 Å². The van der Waals surface area contributed by atoms with E-state index in [1.807, 2.05) is 19.1 Å². The predicted molar refractivity (Wildman–Crippen MR) is 70.3 cm³/mol. The van der Waals surface area contributed by atoms with E-state index >= 15 is 0 Å². The molecule has 100 valence electrons. The Labute approximate surface area is 108 Å². The van der Waals surface area contributed by atoms with Gasteiger partial charge in [-0.05, 0) is 31.5 Å². The Morgan fingerprint density at radius 1 is 1.28 bits per heavy atom. The lowest BCUT2D eigenvalue weighted by atomic mass is 10.1. The van der Waals surface area contributed by atoms with Gasteiger partial charge in [-0.25, -0.2) is 0 Å². The topological polar surface area (TPSA) is 39.7 Å². The van der Waals surface area contributed by atoms with Crippen LogP contribution in [-0.4, -0.2) is 33.0 Å². The molecule has 1 unspecified atom stereocenters. The van der Waals surface area contributed by atoms with Crippen LogP contribution in [0.25, 0.3) is 0 Å². The molecule has 0 saturated heterocycles. The van der Waals surface area contributed by atoms with Gasteiger partial charge < -0.3 is 19.5 Å². The number of nitrogens with one attached hydrogen (secondary N) is 1. The summed E-state index contributed by atoms with van der Waals surface area (Å²) in [5, 5.41) is 3.42. The molecule has 1 atom stereocenters. The van der Waals surface area contributed by atoms with Crippen molar-refractivity contribution >= 4 is 0 Å². The highest BCUT2D eigenvalue weighted by atomic mass is 16.6. The van der Waals surface area contributed by atoms with E-state index < -0.39 is 0 Å². The Hall–Kier alpha value is -1.26. The first-order chi connectivity index (χ1) is 8.81. The van der Waals surface area contributed by atoms with Crippen LogP contribution in [0.1, 0.15) is 25.5 Å². The van der Waals surface area contributed by atoms with Crippen molar-refractivity contribution in [2.45, 2.75) is 19.9 Å². The molecule has 0 saturated carbocycles. The second kappa shape index (κ2) is 6.61. The average Bonchev–Trinajstić information content (AvgIpc) is 2.43. The molecule has 4 nitrogen and oxygen atoms in total. The number of hydrogen-bond acceptors (Lipinski definition) is 4. The summed E-state index contributed by atoms with van der Waals surface area (Å²) in [6.45, 7) is 7.76. The zero-order chi connectivity index (χ0) is 12.8. The van der Waals surface area contributed by atoms with Crippen molar-refractivity contribution in [3.05, 3.63) is 23.8 Å². The average molecular weight is 251 g/mol. The van der Waals surface area contributed by atoms with E-state index in [0.717, 1.165) is 31.3 Å². The van der Waals surface area contributed by atoms with E-state index in [9.17, 15) is 0 Å². The Bertz CT molecular complexity index is 381. The Morgan fingerprint density at radius 3 is 2.83 bits per heavy atom. The van der Waals surface area contributed by atoms with Crippen LogP contribution < -0.4 is 14.8 Å². The van der Waals surface area contributed by atoms with Crippen molar-refractivity contribution in [1.29, 1.82) is 0 Å². The van der Waals surface area contributed by atoms with Gasteiger partial charge in [0, 0.05) is 19.2 Å². The van der Waals surface area contributed by atoms with E-state index in [1.165, 1.54) is 5.56 Å². The Balaban J connectivity index is 1.91. The first-order valence-electron chi connectivity index (χ1n) is 6.52. The second-order valence-electron chi connectivity index (χ2n) is 4.28. The molecule has 0 amide bonds. The SMILES string of the molecule is CCOCCNC(C)c1ccc2c(c1)OCCO2. The monoisotopic (exact) mass is 251 g/mol. The molecule has 4 heteroatoms. The molecule has 18 heavy (non-hydrogen) atoms. The summed E-state index contributed by atoms with van der Waals surface area (Å²) in [6.07, 6.45) is 0. The van der Waals surface area contributed by atoms with Crippen molar-refractivity contribution in [3.63, 3.8) is 0 Å². The molecular formula is C14H21NO3. The molecule has 0 fully saturated rings. The van der Waals surface area contributed by atoms with Crippen molar-refractivity contribution in [1.82, 2.24) is 5.32 Å². The number of benzene rings is 1. The van der Waals surface area contributed by atoms with E-state index in [1.54, 1.807) is 0 Å². The largest absolute Gasteiger partial charge is 0.486 e. The molecule has 1 aromatic rings. The molecule has 0 spiro atoms. The lowest BCUT2D eigenvalue weighted by molar-refractivity contribution is 0.147. The molecule has 1 aromatic carbocycles. The molecule has 2 rings (SSSR count). The summed E-state index contributed by atoms with van der Waals surface area (Å²) < 4.78 is 16.4. The summed E-state index contributed by atoms with van der Waals surface area (Å²) >= 11 is 0. The summed E-state index contributed by atoms with van der Waals surface area (Å²) in [5.41, 5.74) is 1.20. The van der Waals surface area contributed by atoms with Crippen LogP contribution in [0.3, 0.4) is 0 Å². The smallest absolute Gasteiger partial charge is 0.161 e. The van der Waals surface area contributed by atoms with Crippen molar-refractivity contribution < 1.29 is 14.2 Å². The maximum absolute atomic E-state index is 5.58. The Morgan fingerprint density at radius 2 is 2.06 bits per heavy atom. The first-order valence-corrected chi connectivity index (χ1v) is 6.52. The minimum absolute atomic E-state index is 0.279. The summed E-state index contributed by atoms with van der Waals surface area (Å²) in [4.78, 5) is 0. The summed E-state index contributed by atoms with van der Waals surface area (Å²) in [7, 11) is 0. The van der Waals surface area contributed by atoms with Gasteiger partial charge in [0.05, 0.1) is 6.61 Å². The first kappa shape index (κ1) is 13.2. The second-order valence-corrected chi connectivity index (χ2v) is 4.28. The molecular weight excluding hydrogens is 230 g/mol. The maximum Gasteiger partial charge on any atom is 0.161 e. The highest BCUT2D eigenvalue weighted by molar-refractivity contribution is 5.44. The van der Waals surface area contributed by atoms with Gasteiger partial charge in [-0.3, -0.25) is 0 Å². The van der Waals surface area contributed by atoms with Crippen LogP contribution in [0.2, 0.25) is 0 Å². The molecule has 0 radical (unpaired) electrons. The normalized spacial score (nSPS) is 15.4. The standard InChI is InChI=1S/C14H21NO3/c1-3-16-7-6-15-11(2)12-4-5-13-14(10-12)18-9-8-17-13/h4-5,10-11,15H,3,6-9H2,1-2H3. The van der Waals surface area contributed by atoms with E-state index in [0.29, 0.717) is 13.2 Å². The van der Waals surface area contributed by atoms with Gasteiger partial charge in [-0.1, -0.05) is 6.07 Å². The number of rotatable bonds is 6. The van der Waals surface area contributed by atoms with Crippen LogP contribution >= 0.6 is 0 Å². The van der Waals surface area contributed by atoms with Gasteiger partial charge in [0.25, 0.3) is 0 Å². The summed E-state index contributed by atoms with van der Waals surface area (Å²) in [6, 6.07) is 6.38. The van der Waals surface area contributed by atoms with Crippen molar-refractivity contribution in [3.8, 4) is 11.5 Å². The van der Waals surface area contributed by atoms with Gasteiger partial charge in [-0.2, -0.15) is 0 Å². The number of fused-ring (bicyclic) bond motifs is 1. The van der Waals surface area contributed by atoms with Crippen molar-refractivity contribution in [2.24, 2.45) is 0 Å². The van der Waals surface area contributed by atoms with E-state index in [2.05, 4.69) is 18.3 Å². The fraction of sp³-hybridized carbons (Fsp3) is 0.571. The van der Waals surface area contributed by atoms with Gasteiger partial charge in [0.15, 0.2) is 11.5 Å². The Kier molecular flexibility index (Phi) is 4.84. The minimum atomic E-state index is 0.279. The third-order valence-electron chi connectivity index (χ3n) is 2.97. The zero-order valence-corrected chi connectivity index (χ0v) is 11.1. The van der Waals surface area contributed by atoms with Crippen LogP contribution in [0.5, 0.6) is 11.5 Å². The fourth-order valence-electron chi connectivity index (χ4n) is 1.94. The third-order valence-corrected chi connectivity index (χ3v) is 2.97. The number of ether oxygens (including phenoxy) is 3. The molecule has 0 aromatic heterocycles. The molecule has 0 aliphatic carbocycles. The van der Waals surface area contributed by atoms with Gasteiger partial charge in [-0.15, -0.1) is 0 Å². The summed E-state index contributed by atoms with van der Waals surface area (Å²) in [5.74, 6) is 1.68. The molecule has 1 aliphatic heterocycles. The van der Waals surface area contributed by atoms with Crippen LogP contribution in [0.4, 0.5) is 0 Å². The van der Waals surface area contributed by atoms with E-state index in [4.69, 9.17) is 14.2 Å².